The van der Waals surface area contributed by atoms with Crippen LogP contribution >= 0.6 is 35.0 Å². The molecular formula is C18H17Cl2N5OS. The van der Waals surface area contributed by atoms with Crippen molar-refractivity contribution in [3.63, 3.8) is 0 Å². The number of rotatable bonds is 5. The highest BCUT2D eigenvalue weighted by Crippen LogP contribution is 2.27. The van der Waals surface area contributed by atoms with E-state index in [-0.39, 0.29) is 5.91 Å². The van der Waals surface area contributed by atoms with E-state index < -0.39 is 5.25 Å². The van der Waals surface area contributed by atoms with Gasteiger partial charge in [0, 0.05) is 21.3 Å². The zero-order chi connectivity index (χ0) is 19.6. The fraction of sp³-hybridized carbons (Fsp3) is 0.167. The molecule has 1 atom stereocenters. The van der Waals surface area contributed by atoms with Crippen molar-refractivity contribution in [2.75, 3.05) is 11.2 Å². The Hall–Kier alpha value is -2.22. The molecule has 2 aromatic carbocycles. The molecule has 3 rings (SSSR count). The van der Waals surface area contributed by atoms with Crippen molar-refractivity contribution in [3.8, 4) is 11.4 Å². The number of anilines is 1. The summed E-state index contributed by atoms with van der Waals surface area (Å²) in [5.41, 5.74) is 2.52. The fourth-order valence-electron chi connectivity index (χ4n) is 2.34. The molecule has 9 heteroatoms. The van der Waals surface area contributed by atoms with Crippen molar-refractivity contribution in [2.24, 2.45) is 0 Å². The van der Waals surface area contributed by atoms with Gasteiger partial charge in [0.1, 0.15) is 0 Å². The summed E-state index contributed by atoms with van der Waals surface area (Å²) < 4.78 is 1.38. The molecule has 0 aliphatic carbocycles. The van der Waals surface area contributed by atoms with Crippen LogP contribution in [-0.4, -0.2) is 26.0 Å². The quantitative estimate of drug-likeness (QED) is 0.471. The van der Waals surface area contributed by atoms with Gasteiger partial charge in [0.15, 0.2) is 5.82 Å². The zero-order valence-electron chi connectivity index (χ0n) is 14.6. The summed E-state index contributed by atoms with van der Waals surface area (Å²) in [6, 6.07) is 12.7. The highest BCUT2D eigenvalue weighted by atomic mass is 35.5. The lowest BCUT2D eigenvalue weighted by Gasteiger charge is -2.12. The maximum absolute atomic E-state index is 12.4. The average Bonchev–Trinajstić information content (AvgIpc) is 2.95. The van der Waals surface area contributed by atoms with Crippen LogP contribution in [0.25, 0.3) is 11.4 Å². The van der Waals surface area contributed by atoms with Gasteiger partial charge in [-0.25, -0.2) is 4.68 Å². The summed E-state index contributed by atoms with van der Waals surface area (Å²) in [7, 11) is 0. The standard InChI is InChI=1S/C18H17Cl2N5OS/c1-10-3-5-12(6-4-10)16-23-24-18(25(16)21)27-11(2)17(26)22-15-8-13(19)7-14(20)9-15/h3-9,11H,21H2,1-2H3,(H,22,26). The van der Waals surface area contributed by atoms with E-state index in [1.807, 2.05) is 31.2 Å². The zero-order valence-corrected chi connectivity index (χ0v) is 16.9. The van der Waals surface area contributed by atoms with Crippen LogP contribution in [-0.2, 0) is 4.79 Å². The lowest BCUT2D eigenvalue weighted by atomic mass is 10.1. The monoisotopic (exact) mass is 421 g/mol. The number of aromatic nitrogens is 3. The maximum atomic E-state index is 12.4. The van der Waals surface area contributed by atoms with Gasteiger partial charge in [-0.05, 0) is 32.0 Å². The van der Waals surface area contributed by atoms with Crippen LogP contribution in [0.4, 0.5) is 5.69 Å². The second-order valence-electron chi connectivity index (χ2n) is 5.95. The van der Waals surface area contributed by atoms with E-state index in [1.165, 1.54) is 16.4 Å². The maximum Gasteiger partial charge on any atom is 0.237 e. The van der Waals surface area contributed by atoms with Crippen LogP contribution < -0.4 is 11.2 Å². The van der Waals surface area contributed by atoms with E-state index in [0.29, 0.717) is 26.7 Å². The van der Waals surface area contributed by atoms with E-state index in [0.717, 1.165) is 11.1 Å². The van der Waals surface area contributed by atoms with Gasteiger partial charge in [0.05, 0.1) is 5.25 Å². The van der Waals surface area contributed by atoms with Gasteiger partial charge in [-0.15, -0.1) is 10.2 Å². The predicted octanol–water partition coefficient (Wildman–Crippen LogP) is 4.39. The number of benzene rings is 2. The normalized spacial score (nSPS) is 12.0. The van der Waals surface area contributed by atoms with Crippen LogP contribution in [0.3, 0.4) is 0 Å². The van der Waals surface area contributed by atoms with Gasteiger partial charge in [0.25, 0.3) is 0 Å². The first-order valence-electron chi connectivity index (χ1n) is 8.04. The average molecular weight is 422 g/mol. The van der Waals surface area contributed by atoms with Gasteiger partial charge in [-0.2, -0.15) is 0 Å². The first kappa shape index (κ1) is 19.5. The van der Waals surface area contributed by atoms with Crippen LogP contribution in [0.5, 0.6) is 0 Å². The summed E-state index contributed by atoms with van der Waals surface area (Å²) in [6.07, 6.45) is 0. The third-order valence-electron chi connectivity index (χ3n) is 3.76. The topological polar surface area (TPSA) is 85.8 Å². The lowest BCUT2D eigenvalue weighted by molar-refractivity contribution is -0.115. The van der Waals surface area contributed by atoms with Crippen molar-refractivity contribution in [1.82, 2.24) is 14.9 Å². The van der Waals surface area contributed by atoms with E-state index >= 15 is 0 Å². The van der Waals surface area contributed by atoms with Gasteiger partial charge in [0.2, 0.25) is 11.1 Å². The number of amides is 1. The molecule has 1 aromatic heterocycles. The third kappa shape index (κ3) is 4.74. The molecule has 0 saturated heterocycles. The van der Waals surface area contributed by atoms with Crippen molar-refractivity contribution in [3.05, 3.63) is 58.1 Å². The van der Waals surface area contributed by atoms with Crippen LogP contribution in [0.1, 0.15) is 12.5 Å². The summed E-state index contributed by atoms with van der Waals surface area (Å²) in [5, 5.41) is 11.9. The molecule has 3 N–H and O–H groups in total. The number of hydrogen-bond acceptors (Lipinski definition) is 5. The van der Waals surface area contributed by atoms with Crippen molar-refractivity contribution >= 4 is 46.6 Å². The van der Waals surface area contributed by atoms with E-state index in [2.05, 4.69) is 15.5 Å². The second kappa shape index (κ2) is 8.21. The minimum absolute atomic E-state index is 0.224. The molecule has 1 heterocycles. The molecule has 1 unspecified atom stereocenters. The number of nitrogen functional groups attached to an aromatic ring is 1. The third-order valence-corrected chi connectivity index (χ3v) is 5.25. The SMILES string of the molecule is Cc1ccc(-c2nnc(SC(C)C(=O)Nc3cc(Cl)cc(Cl)c3)n2N)cc1. The number of hydrogen-bond donors (Lipinski definition) is 2. The second-order valence-corrected chi connectivity index (χ2v) is 8.13. The molecule has 0 aliphatic rings. The van der Waals surface area contributed by atoms with Crippen LogP contribution in [0, 0.1) is 6.92 Å². The lowest BCUT2D eigenvalue weighted by Crippen LogP contribution is -2.23. The molecule has 0 bridgehead atoms. The minimum Gasteiger partial charge on any atom is -0.335 e. The molecular weight excluding hydrogens is 405 g/mol. The van der Waals surface area contributed by atoms with Crippen molar-refractivity contribution in [1.29, 1.82) is 0 Å². The Balaban J connectivity index is 1.71. The number of nitrogens with zero attached hydrogens (tertiary/aromatic N) is 3. The summed E-state index contributed by atoms with van der Waals surface area (Å²) in [4.78, 5) is 12.4. The van der Waals surface area contributed by atoms with E-state index in [1.54, 1.807) is 25.1 Å². The van der Waals surface area contributed by atoms with Gasteiger partial charge in [-0.1, -0.05) is 64.8 Å². The molecule has 3 aromatic rings. The molecule has 140 valence electrons. The van der Waals surface area contributed by atoms with Crippen LogP contribution in [0.2, 0.25) is 10.0 Å². The molecule has 0 saturated carbocycles. The number of aryl methyl sites for hydroxylation is 1. The smallest absolute Gasteiger partial charge is 0.237 e. The molecule has 0 aliphatic heterocycles. The highest BCUT2D eigenvalue weighted by molar-refractivity contribution is 8.00. The number of halogens is 2. The molecule has 0 radical (unpaired) electrons. The Labute approximate surface area is 171 Å². The Morgan fingerprint density at radius 2 is 1.78 bits per heavy atom. The Bertz CT molecular complexity index is 954. The number of carbonyl (C=O) groups is 1. The predicted molar refractivity (Wildman–Crippen MR) is 111 cm³/mol. The molecule has 6 nitrogen and oxygen atoms in total. The highest BCUT2D eigenvalue weighted by Gasteiger charge is 2.20. The number of nitrogens with two attached hydrogens (primary N) is 1. The number of nitrogens with one attached hydrogen (secondary N) is 1. The Morgan fingerprint density at radius 3 is 2.41 bits per heavy atom. The summed E-state index contributed by atoms with van der Waals surface area (Å²) >= 11 is 13.1. The minimum atomic E-state index is -0.458. The Kier molecular flexibility index (Phi) is 5.94. The fourth-order valence-corrected chi connectivity index (χ4v) is 3.63. The van der Waals surface area contributed by atoms with Gasteiger partial charge >= 0.3 is 0 Å². The Morgan fingerprint density at radius 1 is 1.15 bits per heavy atom. The van der Waals surface area contributed by atoms with Gasteiger partial charge < -0.3 is 11.2 Å². The largest absolute Gasteiger partial charge is 0.335 e. The molecule has 1 amide bonds. The van der Waals surface area contributed by atoms with E-state index in [9.17, 15) is 4.79 Å². The molecule has 0 spiro atoms. The molecule has 27 heavy (non-hydrogen) atoms. The number of thioether (sulfide) groups is 1. The first-order chi connectivity index (χ1) is 12.8. The van der Waals surface area contributed by atoms with Crippen LogP contribution in [0.15, 0.2) is 47.6 Å². The summed E-state index contributed by atoms with van der Waals surface area (Å²) in [6.45, 7) is 3.76. The van der Waals surface area contributed by atoms with Crippen molar-refractivity contribution < 1.29 is 4.79 Å². The van der Waals surface area contributed by atoms with Gasteiger partial charge in [-0.3, -0.25) is 4.79 Å². The first-order valence-corrected chi connectivity index (χ1v) is 9.68. The number of carbonyl (C=O) groups excluding carboxylic acids is 1. The van der Waals surface area contributed by atoms with E-state index in [4.69, 9.17) is 29.0 Å². The summed E-state index contributed by atoms with van der Waals surface area (Å²) in [5.74, 6) is 6.43. The molecule has 0 fully saturated rings. The van der Waals surface area contributed by atoms with Crippen molar-refractivity contribution in [2.45, 2.75) is 24.3 Å².